The topological polar surface area (TPSA) is 105 Å². The number of hydrogen-bond donors (Lipinski definition) is 3. The standard InChI is InChI=1S/C22H28N6O2/c1-14(13-30-2)26-22-25-12-19-20(28-22)18(15-5-7-17(29)8-6-15)11-24-21(19)27-16-4-3-9-23-10-16/h3-4,9-12,14-15,17,29H,5-8,13H2,1-2H3,(H,24,27)(H,25,26,28)/t14-,15?,17?/m0/s1. The van der Waals surface area contributed by atoms with Gasteiger partial charge in [-0.15, -0.1) is 0 Å². The van der Waals surface area contributed by atoms with Gasteiger partial charge in [0.15, 0.2) is 0 Å². The van der Waals surface area contributed by atoms with E-state index in [0.29, 0.717) is 24.3 Å². The highest BCUT2D eigenvalue weighted by molar-refractivity contribution is 5.93. The molecule has 3 aromatic rings. The van der Waals surface area contributed by atoms with E-state index in [2.05, 4.69) is 20.6 Å². The Balaban J connectivity index is 1.72. The lowest BCUT2D eigenvalue weighted by Crippen LogP contribution is -2.22. The molecule has 0 spiro atoms. The molecule has 1 fully saturated rings. The Morgan fingerprint density at radius 3 is 2.73 bits per heavy atom. The first-order chi connectivity index (χ1) is 14.6. The number of aliphatic hydroxyl groups is 1. The van der Waals surface area contributed by atoms with E-state index < -0.39 is 0 Å². The molecule has 0 aliphatic heterocycles. The summed E-state index contributed by atoms with van der Waals surface area (Å²) in [6, 6.07) is 3.91. The molecule has 1 aliphatic carbocycles. The van der Waals surface area contributed by atoms with Gasteiger partial charge in [0.25, 0.3) is 0 Å². The van der Waals surface area contributed by atoms with Crippen LogP contribution in [0.25, 0.3) is 10.9 Å². The summed E-state index contributed by atoms with van der Waals surface area (Å²) in [4.78, 5) is 18.2. The van der Waals surface area contributed by atoms with Gasteiger partial charge in [0.05, 0.1) is 35.5 Å². The highest BCUT2D eigenvalue weighted by atomic mass is 16.5. The van der Waals surface area contributed by atoms with Gasteiger partial charge < -0.3 is 20.5 Å². The smallest absolute Gasteiger partial charge is 0.223 e. The average molecular weight is 409 g/mol. The fraction of sp³-hybridized carbons (Fsp3) is 0.455. The SMILES string of the molecule is COC[C@H](C)Nc1ncc2c(Nc3cccnc3)ncc(C3CCC(O)CC3)c2n1. The molecule has 0 bridgehead atoms. The molecule has 1 saturated carbocycles. The first-order valence-corrected chi connectivity index (χ1v) is 10.4. The minimum absolute atomic E-state index is 0.0931. The summed E-state index contributed by atoms with van der Waals surface area (Å²) in [5.74, 6) is 1.60. The van der Waals surface area contributed by atoms with Gasteiger partial charge >= 0.3 is 0 Å². The highest BCUT2D eigenvalue weighted by Crippen LogP contribution is 2.37. The fourth-order valence-electron chi connectivity index (χ4n) is 3.98. The van der Waals surface area contributed by atoms with Crippen molar-refractivity contribution >= 4 is 28.4 Å². The number of nitrogens with one attached hydrogen (secondary N) is 2. The van der Waals surface area contributed by atoms with Gasteiger partial charge in [-0.3, -0.25) is 4.98 Å². The van der Waals surface area contributed by atoms with E-state index >= 15 is 0 Å². The summed E-state index contributed by atoms with van der Waals surface area (Å²) in [5, 5.41) is 17.4. The van der Waals surface area contributed by atoms with E-state index in [1.807, 2.05) is 31.5 Å². The summed E-state index contributed by atoms with van der Waals surface area (Å²) >= 11 is 0. The van der Waals surface area contributed by atoms with E-state index in [0.717, 1.165) is 47.8 Å². The lowest BCUT2D eigenvalue weighted by molar-refractivity contribution is 0.122. The van der Waals surface area contributed by atoms with E-state index in [4.69, 9.17) is 14.7 Å². The second-order valence-electron chi connectivity index (χ2n) is 7.89. The van der Waals surface area contributed by atoms with E-state index in [1.54, 1.807) is 19.5 Å². The van der Waals surface area contributed by atoms with Crippen LogP contribution in [0.5, 0.6) is 0 Å². The Morgan fingerprint density at radius 2 is 2.00 bits per heavy atom. The zero-order valence-electron chi connectivity index (χ0n) is 17.4. The summed E-state index contributed by atoms with van der Waals surface area (Å²) in [7, 11) is 1.68. The van der Waals surface area contributed by atoms with Gasteiger partial charge in [-0.2, -0.15) is 0 Å². The fourth-order valence-corrected chi connectivity index (χ4v) is 3.98. The van der Waals surface area contributed by atoms with Crippen molar-refractivity contribution in [3.05, 3.63) is 42.5 Å². The summed E-state index contributed by atoms with van der Waals surface area (Å²) in [6.07, 6.45) is 10.5. The van der Waals surface area contributed by atoms with Crippen LogP contribution < -0.4 is 10.6 Å². The average Bonchev–Trinajstić information content (AvgIpc) is 2.75. The molecule has 0 aromatic carbocycles. The highest BCUT2D eigenvalue weighted by Gasteiger charge is 2.24. The largest absolute Gasteiger partial charge is 0.393 e. The number of nitrogens with zero attached hydrogens (tertiary/aromatic N) is 4. The third kappa shape index (κ3) is 4.66. The van der Waals surface area contributed by atoms with Crippen LogP contribution in [-0.2, 0) is 4.74 Å². The zero-order valence-corrected chi connectivity index (χ0v) is 17.4. The van der Waals surface area contributed by atoms with Gasteiger partial charge in [-0.05, 0) is 50.7 Å². The number of aliphatic hydroxyl groups excluding tert-OH is 1. The Labute approximate surface area is 176 Å². The van der Waals surface area contributed by atoms with Crippen molar-refractivity contribution in [2.24, 2.45) is 0 Å². The molecule has 1 aliphatic rings. The van der Waals surface area contributed by atoms with Crippen LogP contribution in [0.4, 0.5) is 17.5 Å². The number of hydrogen-bond acceptors (Lipinski definition) is 8. The third-order valence-electron chi connectivity index (χ3n) is 5.50. The summed E-state index contributed by atoms with van der Waals surface area (Å²) in [6.45, 7) is 2.60. The van der Waals surface area contributed by atoms with E-state index in [1.165, 1.54) is 0 Å². The quantitative estimate of drug-likeness (QED) is 0.544. The van der Waals surface area contributed by atoms with Crippen molar-refractivity contribution in [1.82, 2.24) is 19.9 Å². The molecule has 30 heavy (non-hydrogen) atoms. The van der Waals surface area contributed by atoms with E-state index in [9.17, 15) is 5.11 Å². The van der Waals surface area contributed by atoms with Gasteiger partial charge in [0.2, 0.25) is 5.95 Å². The number of pyridine rings is 2. The number of rotatable bonds is 7. The lowest BCUT2D eigenvalue weighted by Gasteiger charge is -2.26. The van der Waals surface area contributed by atoms with Crippen LogP contribution in [0.3, 0.4) is 0 Å². The number of methoxy groups -OCH3 is 1. The predicted octanol–water partition coefficient (Wildman–Crippen LogP) is 3.63. The second-order valence-corrected chi connectivity index (χ2v) is 7.89. The summed E-state index contributed by atoms with van der Waals surface area (Å²) < 4.78 is 5.21. The van der Waals surface area contributed by atoms with Crippen LogP contribution in [0, 0.1) is 0 Å². The molecule has 0 amide bonds. The molecular formula is C22H28N6O2. The molecule has 3 heterocycles. The summed E-state index contributed by atoms with van der Waals surface area (Å²) in [5.41, 5.74) is 2.86. The predicted molar refractivity (Wildman–Crippen MR) is 117 cm³/mol. The Kier molecular flexibility index (Phi) is 6.35. The zero-order chi connectivity index (χ0) is 20.9. The van der Waals surface area contributed by atoms with Crippen molar-refractivity contribution in [1.29, 1.82) is 0 Å². The number of fused-ring (bicyclic) bond motifs is 1. The molecule has 8 heteroatoms. The molecule has 0 saturated heterocycles. The molecule has 3 aromatic heterocycles. The van der Waals surface area contributed by atoms with Crippen LogP contribution in [-0.4, -0.2) is 50.9 Å². The minimum atomic E-state index is -0.200. The lowest BCUT2D eigenvalue weighted by atomic mass is 9.82. The van der Waals surface area contributed by atoms with Gasteiger partial charge in [0.1, 0.15) is 5.82 Å². The van der Waals surface area contributed by atoms with Crippen molar-refractivity contribution in [2.45, 2.75) is 50.7 Å². The molecule has 0 unspecified atom stereocenters. The Morgan fingerprint density at radius 1 is 1.17 bits per heavy atom. The molecular weight excluding hydrogens is 380 g/mol. The van der Waals surface area contributed by atoms with Crippen molar-refractivity contribution in [3.8, 4) is 0 Å². The van der Waals surface area contributed by atoms with E-state index in [-0.39, 0.29) is 12.1 Å². The maximum atomic E-state index is 9.91. The van der Waals surface area contributed by atoms with Crippen molar-refractivity contribution in [2.75, 3.05) is 24.4 Å². The Hall–Kier alpha value is -2.84. The van der Waals surface area contributed by atoms with Crippen molar-refractivity contribution in [3.63, 3.8) is 0 Å². The Bertz CT molecular complexity index is 976. The van der Waals surface area contributed by atoms with Gasteiger partial charge in [-0.25, -0.2) is 15.0 Å². The minimum Gasteiger partial charge on any atom is -0.393 e. The number of ether oxygens (including phenoxy) is 1. The second kappa shape index (κ2) is 9.32. The molecule has 3 N–H and O–H groups in total. The monoisotopic (exact) mass is 408 g/mol. The third-order valence-corrected chi connectivity index (χ3v) is 5.50. The van der Waals surface area contributed by atoms with Gasteiger partial charge in [0, 0.05) is 37.3 Å². The maximum Gasteiger partial charge on any atom is 0.223 e. The number of aromatic nitrogens is 4. The molecule has 4 rings (SSSR count). The van der Waals surface area contributed by atoms with Crippen LogP contribution in [0.1, 0.15) is 44.1 Å². The maximum absolute atomic E-state index is 9.91. The number of anilines is 3. The first kappa shape index (κ1) is 20.4. The van der Waals surface area contributed by atoms with Crippen molar-refractivity contribution < 1.29 is 9.84 Å². The molecule has 0 radical (unpaired) electrons. The molecule has 8 nitrogen and oxygen atoms in total. The van der Waals surface area contributed by atoms with Gasteiger partial charge in [-0.1, -0.05) is 0 Å². The normalized spacial score (nSPS) is 20.1. The molecule has 158 valence electrons. The van der Waals surface area contributed by atoms with Crippen LogP contribution >= 0.6 is 0 Å². The molecule has 1 atom stereocenters. The first-order valence-electron chi connectivity index (χ1n) is 10.4. The van der Waals surface area contributed by atoms with Crippen LogP contribution in [0.15, 0.2) is 36.9 Å². The van der Waals surface area contributed by atoms with Crippen LogP contribution in [0.2, 0.25) is 0 Å².